The highest BCUT2D eigenvalue weighted by Crippen LogP contribution is 2.46. The molecule has 2 rings (SSSR count). The van der Waals surface area contributed by atoms with E-state index in [0.717, 1.165) is 30.5 Å². The molecule has 2 unspecified atom stereocenters. The van der Waals surface area contributed by atoms with Crippen LogP contribution in [0.5, 0.6) is 0 Å². The number of nitrogens with one attached hydrogen (secondary N) is 1. The summed E-state index contributed by atoms with van der Waals surface area (Å²) in [5.41, 5.74) is 1.35. The van der Waals surface area contributed by atoms with Crippen LogP contribution in [0.2, 0.25) is 0 Å². The van der Waals surface area contributed by atoms with Crippen molar-refractivity contribution in [1.82, 2.24) is 20.0 Å². The molecule has 36 heavy (non-hydrogen) atoms. The molecule has 1 aliphatic heterocycles. The largest absolute Gasteiger partial charge is 0.347 e. The van der Waals surface area contributed by atoms with Crippen LogP contribution in [0.25, 0.3) is 0 Å². The number of likely N-dealkylation sites (tertiary alicyclic amines) is 1. The third-order valence-electron chi connectivity index (χ3n) is 7.65. The lowest BCUT2D eigenvalue weighted by Gasteiger charge is -2.53. The number of nitrogens with zero attached hydrogens (tertiary/aromatic N) is 3. The van der Waals surface area contributed by atoms with Crippen LogP contribution in [-0.2, 0) is 14.3 Å². The average Bonchev–Trinajstić information content (AvgIpc) is 2.85. The summed E-state index contributed by atoms with van der Waals surface area (Å²) in [7, 11) is 3.77. The number of carbonyl (C=O) groups excluding carboxylic acids is 3. The van der Waals surface area contributed by atoms with Crippen molar-refractivity contribution in [3.8, 4) is 0 Å². The van der Waals surface area contributed by atoms with E-state index in [1.54, 1.807) is 11.9 Å². The van der Waals surface area contributed by atoms with Crippen LogP contribution in [0.3, 0.4) is 0 Å². The summed E-state index contributed by atoms with van der Waals surface area (Å²) >= 11 is 0. The van der Waals surface area contributed by atoms with Gasteiger partial charge in [-0.25, -0.2) is 9.69 Å². The number of aryl methyl sites for hydroxylation is 1. The van der Waals surface area contributed by atoms with Gasteiger partial charge in [-0.05, 0) is 52.6 Å². The summed E-state index contributed by atoms with van der Waals surface area (Å²) in [4.78, 5) is 44.3. The molecular formula is C28H46N4O4. The molecule has 0 saturated carbocycles. The van der Waals surface area contributed by atoms with Crippen LogP contribution in [0.1, 0.15) is 77.5 Å². The predicted molar refractivity (Wildman–Crippen MR) is 142 cm³/mol. The molecule has 0 spiro atoms. The second-order valence-electron chi connectivity index (χ2n) is 10.3. The fourth-order valence-electron chi connectivity index (χ4n) is 4.55. The first-order valence-electron chi connectivity index (χ1n) is 13.3. The van der Waals surface area contributed by atoms with E-state index in [4.69, 9.17) is 4.74 Å². The van der Waals surface area contributed by atoms with Gasteiger partial charge < -0.3 is 19.9 Å². The molecule has 1 N–H and O–H groups in total. The van der Waals surface area contributed by atoms with Crippen molar-refractivity contribution >= 4 is 17.8 Å². The summed E-state index contributed by atoms with van der Waals surface area (Å²) in [5.74, 6) is -0.412. The molecule has 1 aromatic rings. The van der Waals surface area contributed by atoms with Gasteiger partial charge in [0.1, 0.15) is 6.61 Å². The predicted octanol–water partition coefficient (Wildman–Crippen LogP) is 4.34. The second kappa shape index (κ2) is 13.2. The molecule has 8 nitrogen and oxygen atoms in total. The molecule has 0 bridgehead atoms. The molecule has 1 aromatic carbocycles. The van der Waals surface area contributed by atoms with Crippen molar-refractivity contribution in [1.29, 1.82) is 0 Å². The Morgan fingerprint density at radius 3 is 2.22 bits per heavy atom. The fourth-order valence-corrected chi connectivity index (χ4v) is 4.55. The third kappa shape index (κ3) is 6.65. The Morgan fingerprint density at radius 2 is 1.69 bits per heavy atom. The monoisotopic (exact) mass is 502 g/mol. The number of likely N-dealkylation sites (N-methyl/N-ethyl adjacent to an activating group) is 2. The molecule has 0 aromatic heterocycles. The number of ether oxygens (including phenoxy) is 1. The molecule has 1 heterocycles. The summed E-state index contributed by atoms with van der Waals surface area (Å²) in [5, 5.41) is 3.04. The Kier molecular flexibility index (Phi) is 10.9. The minimum Gasteiger partial charge on any atom is -0.347 e. The van der Waals surface area contributed by atoms with Crippen molar-refractivity contribution in [3.05, 3.63) is 35.4 Å². The first kappa shape index (κ1) is 29.8. The van der Waals surface area contributed by atoms with Gasteiger partial charge in [-0.3, -0.25) is 9.59 Å². The van der Waals surface area contributed by atoms with Gasteiger partial charge in [0.15, 0.2) is 6.23 Å². The summed E-state index contributed by atoms with van der Waals surface area (Å²) < 4.78 is 6.02. The topological polar surface area (TPSA) is 82.2 Å². The number of hydrogen-bond acceptors (Lipinski definition) is 5. The highest BCUT2D eigenvalue weighted by molar-refractivity contribution is 6.03. The van der Waals surface area contributed by atoms with E-state index >= 15 is 0 Å². The van der Waals surface area contributed by atoms with Gasteiger partial charge >= 0.3 is 6.03 Å². The Balaban J connectivity index is 2.11. The quantitative estimate of drug-likeness (QED) is 0.406. The van der Waals surface area contributed by atoms with Gasteiger partial charge in [-0.1, -0.05) is 57.0 Å². The molecule has 4 amide bonds. The molecule has 0 aliphatic carbocycles. The van der Waals surface area contributed by atoms with Crippen LogP contribution in [-0.4, -0.2) is 78.6 Å². The van der Waals surface area contributed by atoms with Gasteiger partial charge in [-0.2, -0.15) is 0 Å². The van der Waals surface area contributed by atoms with Gasteiger partial charge in [0, 0.05) is 26.2 Å². The lowest BCUT2D eigenvalue weighted by Crippen LogP contribution is -2.72. The van der Waals surface area contributed by atoms with Gasteiger partial charge in [0.2, 0.25) is 11.8 Å². The second-order valence-corrected chi connectivity index (χ2v) is 10.3. The van der Waals surface area contributed by atoms with E-state index < -0.39 is 17.7 Å². The van der Waals surface area contributed by atoms with E-state index in [-0.39, 0.29) is 24.5 Å². The van der Waals surface area contributed by atoms with Crippen molar-refractivity contribution in [2.45, 2.75) is 85.5 Å². The van der Waals surface area contributed by atoms with Gasteiger partial charge in [0.25, 0.3) is 0 Å². The number of benzene rings is 1. The van der Waals surface area contributed by atoms with Crippen LogP contribution in [0.4, 0.5) is 4.79 Å². The molecular weight excluding hydrogens is 456 g/mol. The van der Waals surface area contributed by atoms with Crippen LogP contribution in [0, 0.1) is 12.3 Å². The zero-order valence-electron chi connectivity index (χ0n) is 23.5. The van der Waals surface area contributed by atoms with Crippen molar-refractivity contribution in [3.63, 3.8) is 0 Å². The SMILES string of the molecule is CCCC(NC(=O)N1C(=O)C(CC)(CC)C1OCC(=O)N(C)CCN(C)C(C)C)c1ccc(C)cc1. The van der Waals surface area contributed by atoms with Gasteiger partial charge in [-0.15, -0.1) is 0 Å². The number of rotatable bonds is 13. The first-order valence-corrected chi connectivity index (χ1v) is 13.3. The van der Waals surface area contributed by atoms with E-state index in [1.165, 1.54) is 4.90 Å². The van der Waals surface area contributed by atoms with E-state index in [0.29, 0.717) is 25.4 Å². The average molecular weight is 503 g/mol. The minimum atomic E-state index is -0.793. The summed E-state index contributed by atoms with van der Waals surface area (Å²) in [6, 6.07) is 7.77. The Morgan fingerprint density at radius 1 is 1.08 bits per heavy atom. The van der Waals surface area contributed by atoms with Crippen LogP contribution >= 0.6 is 0 Å². The van der Waals surface area contributed by atoms with Crippen LogP contribution < -0.4 is 5.32 Å². The number of amides is 4. The van der Waals surface area contributed by atoms with Crippen LogP contribution in [0.15, 0.2) is 24.3 Å². The summed E-state index contributed by atoms with van der Waals surface area (Å²) in [6.07, 6.45) is 1.94. The summed E-state index contributed by atoms with van der Waals surface area (Å²) in [6.45, 7) is 13.3. The first-order chi connectivity index (χ1) is 17.0. The molecule has 8 heteroatoms. The highest BCUT2D eigenvalue weighted by atomic mass is 16.5. The fraction of sp³-hybridized carbons (Fsp3) is 0.679. The Bertz CT molecular complexity index is 882. The number of β-lactam (4-membered cyclic amide) rings is 1. The number of urea groups is 1. The molecule has 1 fully saturated rings. The standard InChI is InChI=1S/C28H46N4O4/c1-9-12-23(22-15-13-21(6)14-16-22)29-27(35)32-25(34)28(10-2,11-3)26(32)36-19-24(33)31(8)18-17-30(7)20(4)5/h13-16,20,23,26H,9-12,17-19H2,1-8H3,(H,29,35). The number of hydrogen-bond donors (Lipinski definition) is 1. The maximum Gasteiger partial charge on any atom is 0.326 e. The van der Waals surface area contributed by atoms with E-state index in [9.17, 15) is 14.4 Å². The maximum atomic E-state index is 13.3. The zero-order chi connectivity index (χ0) is 27.0. The Labute approximate surface area is 217 Å². The van der Waals surface area contributed by atoms with Crippen molar-refractivity contribution in [2.24, 2.45) is 5.41 Å². The highest BCUT2D eigenvalue weighted by Gasteiger charge is 2.62. The van der Waals surface area contributed by atoms with E-state index in [1.807, 2.05) is 52.1 Å². The van der Waals surface area contributed by atoms with Crippen molar-refractivity contribution < 1.29 is 19.1 Å². The lowest BCUT2D eigenvalue weighted by molar-refractivity contribution is -0.211. The van der Waals surface area contributed by atoms with E-state index in [2.05, 4.69) is 31.0 Å². The van der Waals surface area contributed by atoms with Crippen molar-refractivity contribution in [2.75, 3.05) is 33.8 Å². The lowest BCUT2D eigenvalue weighted by atomic mass is 9.72. The molecule has 2 atom stereocenters. The molecule has 1 aliphatic rings. The number of carbonyl (C=O) groups is 3. The zero-order valence-corrected chi connectivity index (χ0v) is 23.5. The minimum absolute atomic E-state index is 0.170. The normalized spacial score (nSPS) is 17.8. The maximum absolute atomic E-state index is 13.3. The third-order valence-corrected chi connectivity index (χ3v) is 7.65. The molecule has 0 radical (unpaired) electrons. The molecule has 1 saturated heterocycles. The van der Waals surface area contributed by atoms with Gasteiger partial charge in [0.05, 0.1) is 11.5 Å². The Hall–Kier alpha value is -2.45. The number of imide groups is 1. The smallest absolute Gasteiger partial charge is 0.326 e. The molecule has 202 valence electrons.